The molecule has 1 aromatic carbocycles. The molecule has 0 spiro atoms. The van der Waals surface area contributed by atoms with Crippen LogP contribution in [0.5, 0.6) is 0 Å². The van der Waals surface area contributed by atoms with Crippen LogP contribution in [0.3, 0.4) is 0 Å². The molecule has 1 heterocycles. The van der Waals surface area contributed by atoms with Crippen LogP contribution in [0.2, 0.25) is 0 Å². The van der Waals surface area contributed by atoms with Crippen LogP contribution in [0.4, 0.5) is 0 Å². The molecule has 2 rings (SSSR count). The van der Waals surface area contributed by atoms with Gasteiger partial charge in [0, 0.05) is 15.6 Å². The van der Waals surface area contributed by atoms with Crippen LogP contribution in [-0.2, 0) is 11.5 Å². The fourth-order valence-electron chi connectivity index (χ4n) is 2.22. The van der Waals surface area contributed by atoms with E-state index in [1.165, 1.54) is 0 Å². The maximum absolute atomic E-state index is 12.0. The summed E-state index contributed by atoms with van der Waals surface area (Å²) >= 11 is 8.83. The molecule has 0 saturated heterocycles. The second kappa shape index (κ2) is 7.58. The predicted molar refractivity (Wildman–Crippen MR) is 101 cm³/mol. The number of nitrogens with one attached hydrogen (secondary N) is 2. The molecule has 0 aliphatic rings. The van der Waals surface area contributed by atoms with Gasteiger partial charge in [0.25, 0.3) is 0 Å². The first-order chi connectivity index (χ1) is 11.2. The van der Waals surface area contributed by atoms with Gasteiger partial charge in [0.15, 0.2) is 5.82 Å². The quantitative estimate of drug-likeness (QED) is 0.741. The number of nitrogens with zero attached hydrogens (tertiary/aromatic N) is 3. The lowest BCUT2D eigenvalue weighted by molar-refractivity contribution is -0.123. The third-order valence-corrected chi connectivity index (χ3v) is 4.12. The van der Waals surface area contributed by atoms with Crippen molar-refractivity contribution in [2.75, 3.05) is 13.6 Å². The van der Waals surface area contributed by atoms with Crippen molar-refractivity contribution in [1.29, 1.82) is 0 Å². The number of aromatic nitrogens is 3. The number of aromatic amines is 1. The summed E-state index contributed by atoms with van der Waals surface area (Å²) in [6.45, 7) is 6.61. The monoisotopic (exact) mass is 411 g/mol. The largest absolute Gasteiger partial charge is 0.350 e. The Morgan fingerprint density at radius 2 is 2.08 bits per heavy atom. The molecule has 1 amide bonds. The minimum atomic E-state index is -0.241. The number of H-pyrrole nitrogens is 1. The molecule has 8 heteroatoms. The third-order valence-electron chi connectivity index (χ3n) is 3.12. The lowest BCUT2D eigenvalue weighted by Crippen LogP contribution is -2.45. The summed E-state index contributed by atoms with van der Waals surface area (Å²) in [6.07, 6.45) is 0. The van der Waals surface area contributed by atoms with Crippen molar-refractivity contribution in [1.82, 2.24) is 25.0 Å². The van der Waals surface area contributed by atoms with Crippen molar-refractivity contribution in [2.24, 2.45) is 0 Å². The topological polar surface area (TPSA) is 66.0 Å². The first-order valence-corrected chi connectivity index (χ1v) is 8.77. The highest BCUT2D eigenvalue weighted by Crippen LogP contribution is 2.24. The molecule has 2 N–H and O–H groups in total. The van der Waals surface area contributed by atoms with Gasteiger partial charge in [-0.05, 0) is 46.1 Å². The second-order valence-corrected chi connectivity index (χ2v) is 7.94. The molecule has 0 atom stereocenters. The molecule has 0 fully saturated rings. The number of rotatable bonds is 5. The Morgan fingerprint density at radius 1 is 1.42 bits per heavy atom. The Morgan fingerprint density at radius 3 is 2.71 bits per heavy atom. The zero-order chi connectivity index (χ0) is 17.9. The smallest absolute Gasteiger partial charge is 0.234 e. The lowest BCUT2D eigenvalue weighted by Gasteiger charge is -2.23. The van der Waals surface area contributed by atoms with Crippen LogP contribution in [0, 0.1) is 4.77 Å². The Kier molecular flexibility index (Phi) is 5.95. The molecule has 130 valence electrons. The maximum atomic E-state index is 12.0. The average molecular weight is 412 g/mol. The molecule has 6 nitrogen and oxygen atoms in total. The molecular formula is C16H22BrN5OS. The molecule has 24 heavy (non-hydrogen) atoms. The average Bonchev–Trinajstić information content (AvgIpc) is 2.77. The van der Waals surface area contributed by atoms with Crippen molar-refractivity contribution < 1.29 is 4.79 Å². The number of carbonyl (C=O) groups excluding carboxylic acids is 1. The van der Waals surface area contributed by atoms with Crippen LogP contribution in [0.25, 0.3) is 11.4 Å². The number of hydrogen-bond acceptors (Lipinski definition) is 4. The van der Waals surface area contributed by atoms with Crippen molar-refractivity contribution in [3.8, 4) is 11.4 Å². The van der Waals surface area contributed by atoms with Crippen molar-refractivity contribution in [3.05, 3.63) is 33.5 Å². The highest BCUT2D eigenvalue weighted by molar-refractivity contribution is 9.10. The van der Waals surface area contributed by atoms with E-state index in [0.717, 1.165) is 10.0 Å². The van der Waals surface area contributed by atoms with Gasteiger partial charge >= 0.3 is 0 Å². The lowest BCUT2D eigenvalue weighted by atomic mass is 10.1. The summed E-state index contributed by atoms with van der Waals surface area (Å²) in [6, 6.07) is 7.80. The number of halogens is 1. The zero-order valence-corrected chi connectivity index (χ0v) is 16.7. The van der Waals surface area contributed by atoms with E-state index in [1.54, 1.807) is 4.68 Å². The summed E-state index contributed by atoms with van der Waals surface area (Å²) in [7, 11) is 1.86. The van der Waals surface area contributed by atoms with E-state index >= 15 is 0 Å². The van der Waals surface area contributed by atoms with Crippen molar-refractivity contribution in [3.63, 3.8) is 0 Å². The van der Waals surface area contributed by atoms with E-state index in [-0.39, 0.29) is 18.0 Å². The minimum absolute atomic E-state index is 0.0259. The highest BCUT2D eigenvalue weighted by Gasteiger charge is 2.16. The molecule has 0 aliphatic heterocycles. The molecular weight excluding hydrogens is 390 g/mol. The maximum Gasteiger partial charge on any atom is 0.234 e. The SMILES string of the molecule is CN(CC(=O)NC(C)(C)C)Cn1[nH]c(-c2ccccc2Br)nc1=S. The van der Waals surface area contributed by atoms with E-state index in [2.05, 4.69) is 31.3 Å². The van der Waals surface area contributed by atoms with Gasteiger partial charge in [-0.1, -0.05) is 34.1 Å². The first-order valence-electron chi connectivity index (χ1n) is 7.57. The minimum Gasteiger partial charge on any atom is -0.350 e. The van der Waals surface area contributed by atoms with Crippen LogP contribution in [0.15, 0.2) is 28.7 Å². The van der Waals surface area contributed by atoms with E-state index in [0.29, 0.717) is 17.3 Å². The van der Waals surface area contributed by atoms with E-state index in [9.17, 15) is 4.79 Å². The van der Waals surface area contributed by atoms with E-state index in [1.807, 2.05) is 57.0 Å². The fraction of sp³-hybridized carbons (Fsp3) is 0.438. The van der Waals surface area contributed by atoms with Gasteiger partial charge in [-0.25, -0.2) is 4.68 Å². The van der Waals surface area contributed by atoms with Gasteiger partial charge in [-0.15, -0.1) is 0 Å². The van der Waals surface area contributed by atoms with Gasteiger partial charge in [0.2, 0.25) is 10.7 Å². The summed E-state index contributed by atoms with van der Waals surface area (Å²) in [5, 5.41) is 6.13. The molecule has 0 bridgehead atoms. The summed E-state index contributed by atoms with van der Waals surface area (Å²) < 4.78 is 3.14. The Balaban J connectivity index is 2.07. The predicted octanol–water partition coefficient (Wildman–Crippen LogP) is 3.17. The molecule has 0 aliphatic carbocycles. The highest BCUT2D eigenvalue weighted by atomic mass is 79.9. The van der Waals surface area contributed by atoms with Gasteiger partial charge < -0.3 is 5.32 Å². The van der Waals surface area contributed by atoms with E-state index < -0.39 is 0 Å². The van der Waals surface area contributed by atoms with Gasteiger partial charge in [-0.2, -0.15) is 4.98 Å². The second-order valence-electron chi connectivity index (χ2n) is 6.72. The van der Waals surface area contributed by atoms with Crippen LogP contribution < -0.4 is 5.32 Å². The van der Waals surface area contributed by atoms with Crippen LogP contribution in [0.1, 0.15) is 20.8 Å². The Hall–Kier alpha value is -1.51. The Labute approximate surface area is 155 Å². The third kappa shape index (κ3) is 5.25. The van der Waals surface area contributed by atoms with E-state index in [4.69, 9.17) is 12.2 Å². The molecule has 0 radical (unpaired) electrons. The number of amides is 1. The molecule has 0 unspecified atom stereocenters. The number of hydrogen-bond donors (Lipinski definition) is 2. The fourth-order valence-corrected chi connectivity index (χ4v) is 2.89. The van der Waals surface area contributed by atoms with Crippen LogP contribution in [-0.4, -0.2) is 44.7 Å². The number of carbonyl (C=O) groups is 1. The molecule has 0 saturated carbocycles. The number of benzene rings is 1. The summed E-state index contributed by atoms with van der Waals surface area (Å²) in [4.78, 5) is 18.3. The van der Waals surface area contributed by atoms with Crippen LogP contribution >= 0.6 is 28.1 Å². The summed E-state index contributed by atoms with van der Waals surface area (Å²) in [5.41, 5.74) is 0.699. The van der Waals surface area contributed by atoms with Gasteiger partial charge in [0.05, 0.1) is 13.2 Å². The van der Waals surface area contributed by atoms with Crippen molar-refractivity contribution >= 4 is 34.1 Å². The Bertz CT molecular complexity index is 777. The molecule has 2 aromatic rings. The van der Waals surface area contributed by atoms with Crippen molar-refractivity contribution in [2.45, 2.75) is 33.0 Å². The number of likely N-dealkylation sites (N-methyl/N-ethyl adjacent to an activating group) is 1. The summed E-state index contributed by atoms with van der Waals surface area (Å²) in [5.74, 6) is 0.669. The van der Waals surface area contributed by atoms with Gasteiger partial charge in [0.1, 0.15) is 0 Å². The molecule has 1 aromatic heterocycles. The normalized spacial score (nSPS) is 11.8. The standard InChI is InChI=1S/C16H22BrN5OS/c1-16(2,3)19-13(23)9-21(4)10-22-15(24)18-14(20-22)11-7-5-6-8-12(11)17/h5-8H,9-10H2,1-4H3,(H,19,23)(H,18,20,24). The zero-order valence-electron chi connectivity index (χ0n) is 14.3. The first kappa shape index (κ1) is 18.8. The van der Waals surface area contributed by atoms with Gasteiger partial charge in [-0.3, -0.25) is 14.8 Å².